The van der Waals surface area contributed by atoms with Crippen molar-refractivity contribution in [1.82, 2.24) is 14.8 Å². The molecule has 2 aromatic rings. The molecule has 0 saturated carbocycles. The molecule has 0 saturated heterocycles. The summed E-state index contributed by atoms with van der Waals surface area (Å²) in [5.41, 5.74) is 1.97. The molecule has 114 valence electrons. The summed E-state index contributed by atoms with van der Waals surface area (Å²) in [5, 5.41) is 8.11. The standard InChI is InChI=1S/C14H19ClN4OS/c1-7(2)6-19-12(15)11(9(4)18-19)13(20)17-14-16-8(3)10(5)21-14/h7H,6H2,1-5H3,(H,16,17,20). The molecule has 0 spiro atoms. The Hall–Kier alpha value is -1.40. The van der Waals surface area contributed by atoms with Crippen LogP contribution in [-0.4, -0.2) is 20.7 Å². The predicted molar refractivity (Wildman–Crippen MR) is 86.4 cm³/mol. The number of nitrogens with one attached hydrogen (secondary N) is 1. The smallest absolute Gasteiger partial charge is 0.262 e. The summed E-state index contributed by atoms with van der Waals surface area (Å²) in [6.45, 7) is 10.5. The number of halogens is 1. The number of rotatable bonds is 4. The van der Waals surface area contributed by atoms with E-state index in [1.54, 1.807) is 11.6 Å². The van der Waals surface area contributed by atoms with Gasteiger partial charge in [0.15, 0.2) is 5.13 Å². The summed E-state index contributed by atoms with van der Waals surface area (Å²) in [5.74, 6) is 0.142. The Bertz CT molecular complexity index is 655. The van der Waals surface area contributed by atoms with Crippen LogP contribution < -0.4 is 5.32 Å². The van der Waals surface area contributed by atoms with Crippen molar-refractivity contribution in [2.45, 2.75) is 41.2 Å². The third-order valence-electron chi connectivity index (χ3n) is 3.08. The minimum Gasteiger partial charge on any atom is -0.298 e. The van der Waals surface area contributed by atoms with Gasteiger partial charge in [0.05, 0.1) is 17.0 Å². The first-order valence-corrected chi connectivity index (χ1v) is 7.97. The maximum atomic E-state index is 12.4. The van der Waals surface area contributed by atoms with Crippen LogP contribution in [0.1, 0.15) is 40.5 Å². The average molecular weight is 327 g/mol. The monoisotopic (exact) mass is 326 g/mol. The lowest BCUT2D eigenvalue weighted by molar-refractivity contribution is 0.102. The number of carbonyl (C=O) groups excluding carboxylic acids is 1. The van der Waals surface area contributed by atoms with Crippen molar-refractivity contribution in [1.29, 1.82) is 0 Å². The van der Waals surface area contributed by atoms with Crippen LogP contribution in [0.5, 0.6) is 0 Å². The van der Waals surface area contributed by atoms with Crippen LogP contribution in [0.2, 0.25) is 5.15 Å². The van der Waals surface area contributed by atoms with Crippen molar-refractivity contribution in [3.63, 3.8) is 0 Å². The quantitative estimate of drug-likeness (QED) is 0.929. The highest BCUT2D eigenvalue weighted by atomic mass is 35.5. The first-order chi connectivity index (χ1) is 9.79. The molecule has 2 heterocycles. The van der Waals surface area contributed by atoms with Gasteiger partial charge in [-0.3, -0.25) is 14.8 Å². The van der Waals surface area contributed by atoms with Crippen LogP contribution in [0, 0.1) is 26.7 Å². The Morgan fingerprint density at radius 1 is 1.33 bits per heavy atom. The Morgan fingerprint density at radius 2 is 2.00 bits per heavy atom. The number of hydrogen-bond acceptors (Lipinski definition) is 4. The third-order valence-corrected chi connectivity index (χ3v) is 4.45. The minimum absolute atomic E-state index is 0.263. The number of anilines is 1. The van der Waals surface area contributed by atoms with E-state index in [0.29, 0.717) is 34.0 Å². The lowest BCUT2D eigenvalue weighted by Gasteiger charge is -2.06. The Balaban J connectivity index is 2.25. The minimum atomic E-state index is -0.263. The van der Waals surface area contributed by atoms with Crippen LogP contribution in [-0.2, 0) is 6.54 Å². The van der Waals surface area contributed by atoms with Gasteiger partial charge in [0.2, 0.25) is 0 Å². The van der Waals surface area contributed by atoms with E-state index in [1.165, 1.54) is 11.3 Å². The van der Waals surface area contributed by atoms with Crippen molar-refractivity contribution >= 4 is 34.0 Å². The molecule has 2 aromatic heterocycles. The molecule has 0 fully saturated rings. The lowest BCUT2D eigenvalue weighted by atomic mass is 10.2. The van der Waals surface area contributed by atoms with Gasteiger partial charge >= 0.3 is 0 Å². The van der Waals surface area contributed by atoms with E-state index in [2.05, 4.69) is 29.2 Å². The number of carbonyl (C=O) groups is 1. The molecule has 0 aromatic carbocycles. The second-order valence-corrected chi connectivity index (χ2v) is 7.00. The molecule has 0 unspecified atom stereocenters. The Kier molecular flexibility index (Phi) is 4.68. The summed E-state index contributed by atoms with van der Waals surface area (Å²) in [7, 11) is 0. The maximum absolute atomic E-state index is 12.4. The van der Waals surface area contributed by atoms with Crippen LogP contribution in [0.4, 0.5) is 5.13 Å². The van der Waals surface area contributed by atoms with Crippen LogP contribution in [0.3, 0.4) is 0 Å². The highest BCUT2D eigenvalue weighted by Gasteiger charge is 2.21. The maximum Gasteiger partial charge on any atom is 0.262 e. The van der Waals surface area contributed by atoms with Gasteiger partial charge in [-0.25, -0.2) is 4.98 Å². The van der Waals surface area contributed by atoms with Gasteiger partial charge in [-0.1, -0.05) is 25.4 Å². The predicted octanol–water partition coefficient (Wildman–Crippen LogP) is 3.83. The zero-order chi connectivity index (χ0) is 15.7. The molecule has 1 N–H and O–H groups in total. The molecule has 7 heteroatoms. The molecular weight excluding hydrogens is 308 g/mol. The van der Waals surface area contributed by atoms with E-state index < -0.39 is 0 Å². The average Bonchev–Trinajstić information content (AvgIpc) is 2.79. The fourth-order valence-corrected chi connectivity index (χ4v) is 3.10. The summed E-state index contributed by atoms with van der Waals surface area (Å²) in [6, 6.07) is 0. The van der Waals surface area contributed by atoms with Gasteiger partial charge in [-0.2, -0.15) is 5.10 Å². The van der Waals surface area contributed by atoms with Gasteiger partial charge in [0.1, 0.15) is 5.15 Å². The largest absolute Gasteiger partial charge is 0.298 e. The zero-order valence-electron chi connectivity index (χ0n) is 12.8. The first-order valence-electron chi connectivity index (χ1n) is 6.77. The molecule has 0 radical (unpaired) electrons. The van der Waals surface area contributed by atoms with E-state index in [9.17, 15) is 4.79 Å². The summed E-state index contributed by atoms with van der Waals surface area (Å²) in [4.78, 5) is 17.8. The molecule has 0 bridgehead atoms. The van der Waals surface area contributed by atoms with E-state index in [4.69, 9.17) is 11.6 Å². The SMILES string of the molecule is Cc1nc(NC(=O)c2c(C)nn(CC(C)C)c2Cl)sc1C. The zero-order valence-corrected chi connectivity index (χ0v) is 14.4. The molecule has 2 rings (SSSR count). The fourth-order valence-electron chi connectivity index (χ4n) is 1.96. The van der Waals surface area contributed by atoms with Gasteiger partial charge in [0.25, 0.3) is 5.91 Å². The van der Waals surface area contributed by atoms with E-state index in [-0.39, 0.29) is 5.91 Å². The molecule has 0 atom stereocenters. The molecule has 1 amide bonds. The van der Waals surface area contributed by atoms with Crippen LogP contribution >= 0.6 is 22.9 Å². The van der Waals surface area contributed by atoms with Crippen LogP contribution in [0.25, 0.3) is 0 Å². The van der Waals surface area contributed by atoms with Gasteiger partial charge in [-0.15, -0.1) is 11.3 Å². The second-order valence-electron chi connectivity index (χ2n) is 5.44. The van der Waals surface area contributed by atoms with Crippen molar-refractivity contribution in [3.05, 3.63) is 27.0 Å². The van der Waals surface area contributed by atoms with E-state index in [0.717, 1.165) is 10.6 Å². The van der Waals surface area contributed by atoms with Gasteiger partial charge in [-0.05, 0) is 26.7 Å². The molecule has 5 nitrogen and oxygen atoms in total. The summed E-state index contributed by atoms with van der Waals surface area (Å²) in [6.07, 6.45) is 0. The number of nitrogens with zero attached hydrogens (tertiary/aromatic N) is 3. The molecule has 0 aliphatic rings. The Morgan fingerprint density at radius 3 is 2.52 bits per heavy atom. The van der Waals surface area contributed by atoms with Crippen molar-refractivity contribution in [2.75, 3.05) is 5.32 Å². The normalized spacial score (nSPS) is 11.2. The third kappa shape index (κ3) is 3.44. The number of thiazole rings is 1. The van der Waals surface area contributed by atoms with Crippen molar-refractivity contribution in [3.8, 4) is 0 Å². The second kappa shape index (κ2) is 6.15. The molecule has 0 aliphatic heterocycles. The molecule has 21 heavy (non-hydrogen) atoms. The number of aryl methyl sites for hydroxylation is 3. The van der Waals surface area contributed by atoms with Gasteiger partial charge in [0, 0.05) is 11.4 Å². The van der Waals surface area contributed by atoms with E-state index >= 15 is 0 Å². The number of hydrogen-bond donors (Lipinski definition) is 1. The first kappa shape index (κ1) is 16.0. The van der Waals surface area contributed by atoms with Crippen LogP contribution in [0.15, 0.2) is 0 Å². The number of aromatic nitrogens is 3. The van der Waals surface area contributed by atoms with Crippen molar-refractivity contribution < 1.29 is 4.79 Å². The molecular formula is C14H19ClN4OS. The Labute approximate surface area is 133 Å². The lowest BCUT2D eigenvalue weighted by Crippen LogP contribution is -2.13. The number of amides is 1. The highest BCUT2D eigenvalue weighted by Crippen LogP contribution is 2.25. The van der Waals surface area contributed by atoms with E-state index in [1.807, 2.05) is 13.8 Å². The highest BCUT2D eigenvalue weighted by molar-refractivity contribution is 7.15. The van der Waals surface area contributed by atoms with Crippen molar-refractivity contribution in [2.24, 2.45) is 5.92 Å². The summed E-state index contributed by atoms with van der Waals surface area (Å²) >= 11 is 7.75. The topological polar surface area (TPSA) is 59.8 Å². The molecule has 0 aliphatic carbocycles. The summed E-state index contributed by atoms with van der Waals surface area (Å²) < 4.78 is 1.68. The van der Waals surface area contributed by atoms with Gasteiger partial charge < -0.3 is 0 Å². The fraction of sp³-hybridized carbons (Fsp3) is 0.500.